The number of carbonyl (C=O) groups is 6. The summed E-state index contributed by atoms with van der Waals surface area (Å²) in [4.78, 5) is 95.3. The summed E-state index contributed by atoms with van der Waals surface area (Å²) in [5.41, 5.74) is 3.99. The lowest BCUT2D eigenvalue weighted by Crippen LogP contribution is -2.54. The third kappa shape index (κ3) is 10.1. The van der Waals surface area contributed by atoms with E-state index in [9.17, 15) is 38.4 Å². The van der Waals surface area contributed by atoms with Crippen LogP contribution in [-0.4, -0.2) is 119 Å². The molecule has 2 aromatic heterocycles. The van der Waals surface area contributed by atoms with E-state index in [0.717, 1.165) is 36.1 Å². The summed E-state index contributed by atoms with van der Waals surface area (Å²) in [6, 6.07) is 19.1. The number of fused-ring (bicyclic) bond motifs is 1. The molecule has 0 aliphatic carbocycles. The first-order chi connectivity index (χ1) is 33.0. The molecule has 0 radical (unpaired) electrons. The highest BCUT2D eigenvalue weighted by Crippen LogP contribution is 2.36. The van der Waals surface area contributed by atoms with E-state index in [1.54, 1.807) is 54.9 Å². The van der Waals surface area contributed by atoms with Crippen LogP contribution in [0.5, 0.6) is 5.75 Å². The van der Waals surface area contributed by atoms with Gasteiger partial charge in [-0.15, -0.1) is 0 Å². The topological polar surface area (TPSA) is 232 Å². The van der Waals surface area contributed by atoms with Crippen LogP contribution in [0, 0.1) is 17.1 Å². The van der Waals surface area contributed by atoms with Crippen LogP contribution in [0.1, 0.15) is 75.3 Å². The summed E-state index contributed by atoms with van der Waals surface area (Å²) >= 11 is 0. The maximum absolute atomic E-state index is 14.9. The molecule has 4 N–H and O–H groups in total. The molecule has 19 heteroatoms. The zero-order valence-electron chi connectivity index (χ0n) is 37.2. The van der Waals surface area contributed by atoms with Crippen LogP contribution in [0.15, 0.2) is 85.3 Å². The number of nitrogens with zero attached hydrogens (tertiary/aromatic N) is 7. The molecule has 2 saturated heterocycles. The number of pyridine rings is 1. The van der Waals surface area contributed by atoms with Crippen LogP contribution >= 0.6 is 0 Å². The smallest absolute Gasteiger partial charge is 0.274 e. The first kappa shape index (κ1) is 46.4. The van der Waals surface area contributed by atoms with Crippen LogP contribution < -0.4 is 30.9 Å². The number of ether oxygens (including phenoxy) is 1. The molecule has 6 amide bonds. The molecule has 5 heterocycles. The zero-order chi connectivity index (χ0) is 47.7. The number of hydrogen-bond acceptors (Lipinski definition) is 14. The van der Waals surface area contributed by atoms with Crippen LogP contribution in [0.3, 0.4) is 0 Å². The Balaban J connectivity index is 0.814. The SMILES string of the molecule is COc1cccc(F)c1-c1nccc(C(=O)Nc2ccc(-c3cnccc3C#N)cc2N2CCN(CC(=O)NCCCCCCNc3cccc4c3C(=O)N(C3CCC(=O)NC3=O)C4=O)CC2)n1. The van der Waals surface area contributed by atoms with E-state index in [4.69, 9.17) is 4.74 Å². The number of nitriles is 1. The van der Waals surface area contributed by atoms with E-state index in [2.05, 4.69) is 52.1 Å². The summed E-state index contributed by atoms with van der Waals surface area (Å²) < 4.78 is 20.2. The molecule has 68 heavy (non-hydrogen) atoms. The Morgan fingerprint density at radius 1 is 0.882 bits per heavy atom. The number of piperidine rings is 1. The average Bonchev–Trinajstić information content (AvgIpc) is 3.61. The number of benzene rings is 3. The number of hydrogen-bond donors (Lipinski definition) is 4. The lowest BCUT2D eigenvalue weighted by Gasteiger charge is -2.36. The van der Waals surface area contributed by atoms with Crippen molar-refractivity contribution < 1.29 is 37.9 Å². The Bertz CT molecular complexity index is 2830. The lowest BCUT2D eigenvalue weighted by atomic mass is 10.0. The van der Waals surface area contributed by atoms with Gasteiger partial charge in [-0.25, -0.2) is 14.4 Å². The minimum Gasteiger partial charge on any atom is -0.496 e. The standard InChI is InChI=1S/C49H48FN11O7/c1-68-40-11-7-9-34(50)44(40)45-55-21-17-37(56-45)46(64)57-35-13-12-30(33-28-52-20-16-31(33)27-51)26-39(35)60-24-22-59(23-25-60)29-42(63)54-19-5-3-2-4-18-53-36-10-6-8-32-43(36)49(67)61(48(32)66)38-14-15-41(62)58-47(38)65/h6-13,16-17,20-21,26,28,38,53H,2-5,14-15,18-19,22-25,29H2,1H3,(H,54,63)(H,57,64)(H,58,62,65). The molecular formula is C49H48FN11O7. The van der Waals surface area contributed by atoms with E-state index < -0.39 is 41.4 Å². The monoisotopic (exact) mass is 921 g/mol. The number of halogens is 1. The van der Waals surface area contributed by atoms with Crippen molar-refractivity contribution in [2.45, 2.75) is 44.6 Å². The molecule has 2 fully saturated rings. The van der Waals surface area contributed by atoms with Gasteiger partial charge in [0.15, 0.2) is 5.82 Å². The van der Waals surface area contributed by atoms with Crippen LogP contribution in [-0.2, 0) is 14.4 Å². The number of carbonyl (C=O) groups excluding carboxylic acids is 6. The molecule has 18 nitrogen and oxygen atoms in total. The minimum atomic E-state index is -1.03. The molecule has 3 aliphatic rings. The van der Waals surface area contributed by atoms with Crippen molar-refractivity contribution in [3.05, 3.63) is 114 Å². The van der Waals surface area contributed by atoms with E-state index in [0.29, 0.717) is 67.5 Å². The van der Waals surface area contributed by atoms with Gasteiger partial charge in [0, 0.05) is 75.5 Å². The highest BCUT2D eigenvalue weighted by molar-refractivity contribution is 6.25. The van der Waals surface area contributed by atoms with Crippen LogP contribution in [0.2, 0.25) is 0 Å². The summed E-state index contributed by atoms with van der Waals surface area (Å²) in [6.45, 7) is 3.47. The zero-order valence-corrected chi connectivity index (χ0v) is 37.2. The van der Waals surface area contributed by atoms with Gasteiger partial charge < -0.3 is 25.6 Å². The van der Waals surface area contributed by atoms with Crippen LogP contribution in [0.4, 0.5) is 21.5 Å². The number of amides is 6. The first-order valence-electron chi connectivity index (χ1n) is 22.3. The number of anilines is 3. The van der Waals surface area contributed by atoms with Gasteiger partial charge in [0.05, 0.1) is 53.4 Å². The average molecular weight is 922 g/mol. The summed E-state index contributed by atoms with van der Waals surface area (Å²) in [5, 5.41) is 21.3. The first-order valence-corrected chi connectivity index (χ1v) is 22.3. The molecule has 1 atom stereocenters. The minimum absolute atomic E-state index is 0.00855. The Hall–Kier alpha value is -8.11. The maximum atomic E-state index is 14.9. The second-order valence-corrected chi connectivity index (χ2v) is 16.4. The molecular weight excluding hydrogens is 874 g/mol. The molecule has 348 valence electrons. The van der Waals surface area contributed by atoms with E-state index in [1.807, 2.05) is 6.07 Å². The number of nitrogens with one attached hydrogen (secondary N) is 4. The fourth-order valence-electron chi connectivity index (χ4n) is 8.59. The predicted molar refractivity (Wildman–Crippen MR) is 248 cm³/mol. The number of unbranched alkanes of at least 4 members (excludes halogenated alkanes) is 3. The largest absolute Gasteiger partial charge is 0.496 e. The van der Waals surface area contributed by atoms with Crippen molar-refractivity contribution in [2.24, 2.45) is 0 Å². The predicted octanol–water partition coefficient (Wildman–Crippen LogP) is 4.79. The number of imide groups is 2. The van der Waals surface area contributed by atoms with E-state index in [-0.39, 0.29) is 59.3 Å². The van der Waals surface area contributed by atoms with Crippen molar-refractivity contribution in [1.29, 1.82) is 5.26 Å². The second kappa shape index (κ2) is 21.0. The summed E-state index contributed by atoms with van der Waals surface area (Å²) in [5.74, 6) is -3.20. The normalized spacial score (nSPS) is 15.9. The van der Waals surface area contributed by atoms with Crippen molar-refractivity contribution in [3.8, 4) is 34.3 Å². The van der Waals surface area contributed by atoms with Gasteiger partial charge in [-0.2, -0.15) is 5.26 Å². The number of methoxy groups -OCH3 is 1. The Morgan fingerprint density at radius 2 is 1.68 bits per heavy atom. The third-order valence-corrected chi connectivity index (χ3v) is 12.1. The molecule has 1 unspecified atom stereocenters. The Kier molecular flexibility index (Phi) is 14.4. The summed E-state index contributed by atoms with van der Waals surface area (Å²) in [6.07, 6.45) is 7.97. The van der Waals surface area contributed by atoms with Gasteiger partial charge in [-0.05, 0) is 73.4 Å². The highest BCUT2D eigenvalue weighted by Gasteiger charge is 2.45. The third-order valence-electron chi connectivity index (χ3n) is 12.1. The van der Waals surface area contributed by atoms with Gasteiger partial charge in [-0.1, -0.05) is 31.0 Å². The van der Waals surface area contributed by atoms with Crippen LogP contribution in [0.25, 0.3) is 22.5 Å². The maximum Gasteiger partial charge on any atom is 0.274 e. The van der Waals surface area contributed by atoms with Gasteiger partial charge in [0.25, 0.3) is 17.7 Å². The molecule has 0 bridgehead atoms. The Labute approximate surface area is 390 Å². The van der Waals surface area contributed by atoms with Crippen molar-refractivity contribution in [3.63, 3.8) is 0 Å². The molecule has 0 spiro atoms. The molecule has 3 aromatic carbocycles. The lowest BCUT2D eigenvalue weighted by molar-refractivity contribution is -0.136. The Morgan fingerprint density at radius 3 is 2.46 bits per heavy atom. The molecule has 5 aromatic rings. The summed E-state index contributed by atoms with van der Waals surface area (Å²) in [7, 11) is 1.41. The van der Waals surface area contributed by atoms with Gasteiger partial charge in [-0.3, -0.25) is 48.9 Å². The second-order valence-electron chi connectivity index (χ2n) is 16.4. The van der Waals surface area contributed by atoms with Gasteiger partial charge >= 0.3 is 0 Å². The van der Waals surface area contributed by atoms with E-state index in [1.165, 1.54) is 31.5 Å². The molecule has 3 aliphatic heterocycles. The molecule has 8 rings (SSSR count). The fraction of sp³-hybridized carbons (Fsp3) is 0.306. The molecule has 0 saturated carbocycles. The quantitative estimate of drug-likeness (QED) is 0.0726. The highest BCUT2D eigenvalue weighted by atomic mass is 19.1. The van der Waals surface area contributed by atoms with E-state index >= 15 is 0 Å². The number of rotatable bonds is 17. The van der Waals surface area contributed by atoms with Gasteiger partial charge in [0.1, 0.15) is 23.3 Å². The number of piperazine rings is 1. The van der Waals surface area contributed by atoms with Crippen molar-refractivity contribution in [1.82, 2.24) is 35.4 Å². The fourth-order valence-corrected chi connectivity index (χ4v) is 8.59. The number of aromatic nitrogens is 3. The van der Waals surface area contributed by atoms with Crippen molar-refractivity contribution >= 4 is 52.5 Å². The van der Waals surface area contributed by atoms with Gasteiger partial charge in [0.2, 0.25) is 17.7 Å². The van der Waals surface area contributed by atoms with Crippen molar-refractivity contribution in [2.75, 3.05) is 68.5 Å².